The molecule has 1 rings (SSSR count). The van der Waals surface area contributed by atoms with Crippen LogP contribution in [-0.4, -0.2) is 21.7 Å². The number of aromatic nitrogens is 2. The first kappa shape index (κ1) is 12.2. The highest BCUT2D eigenvalue weighted by atomic mass is 79.9. The number of halogens is 1. The Morgan fingerprint density at radius 3 is 2.67 bits per heavy atom. The predicted molar refractivity (Wildman–Crippen MR) is 62.9 cm³/mol. The summed E-state index contributed by atoms with van der Waals surface area (Å²) >= 11 is 3.37. The molecule has 1 amide bonds. The van der Waals surface area contributed by atoms with Gasteiger partial charge in [0, 0.05) is 13.1 Å². The van der Waals surface area contributed by atoms with Gasteiger partial charge in [0.25, 0.3) is 5.91 Å². The molecule has 0 radical (unpaired) electrons. The summed E-state index contributed by atoms with van der Waals surface area (Å²) in [6.07, 6.45) is 0.912. The van der Waals surface area contributed by atoms with E-state index in [1.54, 1.807) is 4.68 Å². The van der Waals surface area contributed by atoms with E-state index < -0.39 is 0 Å². The summed E-state index contributed by atoms with van der Waals surface area (Å²) in [5, 5.41) is 7.04. The van der Waals surface area contributed by atoms with Crippen LogP contribution in [0.3, 0.4) is 0 Å². The summed E-state index contributed by atoms with van der Waals surface area (Å²) in [6, 6.07) is 0.173. The van der Waals surface area contributed by atoms with Gasteiger partial charge in [0.1, 0.15) is 0 Å². The molecule has 0 aliphatic heterocycles. The first-order chi connectivity index (χ1) is 6.97. The molecule has 1 aromatic rings. The van der Waals surface area contributed by atoms with E-state index in [0.29, 0.717) is 5.69 Å². The molecule has 1 N–H and O–H groups in total. The van der Waals surface area contributed by atoms with Crippen molar-refractivity contribution in [2.24, 2.45) is 7.05 Å². The van der Waals surface area contributed by atoms with Crippen LogP contribution in [0.4, 0.5) is 0 Å². The van der Waals surface area contributed by atoms with E-state index in [4.69, 9.17) is 0 Å². The Hall–Kier alpha value is -0.840. The number of amides is 1. The van der Waals surface area contributed by atoms with Crippen molar-refractivity contribution in [3.63, 3.8) is 0 Å². The molecule has 0 saturated heterocycles. The number of nitrogens with one attached hydrogen (secondary N) is 1. The van der Waals surface area contributed by atoms with E-state index >= 15 is 0 Å². The normalized spacial score (nSPS) is 12.6. The van der Waals surface area contributed by atoms with E-state index in [0.717, 1.165) is 16.6 Å². The Morgan fingerprint density at radius 1 is 1.67 bits per heavy atom. The summed E-state index contributed by atoms with van der Waals surface area (Å²) in [6.45, 7) is 5.92. The summed E-state index contributed by atoms with van der Waals surface area (Å²) in [4.78, 5) is 11.8. The van der Waals surface area contributed by atoms with Crippen molar-refractivity contribution >= 4 is 21.8 Å². The van der Waals surface area contributed by atoms with Crippen molar-refractivity contribution in [1.82, 2.24) is 15.1 Å². The molecule has 0 aliphatic carbocycles. The molecule has 1 aromatic heterocycles. The van der Waals surface area contributed by atoms with Gasteiger partial charge < -0.3 is 5.32 Å². The van der Waals surface area contributed by atoms with Crippen molar-refractivity contribution in [3.8, 4) is 0 Å². The van der Waals surface area contributed by atoms with Crippen molar-refractivity contribution < 1.29 is 4.79 Å². The SMILES string of the molecule is CCC(C)NC(=O)c1nn(C)c(C)c1Br. The Labute approximate surface area is 98.2 Å². The molecule has 0 saturated carbocycles. The van der Waals surface area contributed by atoms with Gasteiger partial charge in [0.2, 0.25) is 0 Å². The van der Waals surface area contributed by atoms with Gasteiger partial charge in [0.05, 0.1) is 10.2 Å². The Balaban J connectivity index is 2.87. The van der Waals surface area contributed by atoms with Crippen molar-refractivity contribution in [2.75, 3.05) is 0 Å². The second kappa shape index (κ2) is 4.79. The third-order valence-corrected chi connectivity index (χ3v) is 3.42. The van der Waals surface area contributed by atoms with Crippen LogP contribution >= 0.6 is 15.9 Å². The second-order valence-electron chi connectivity index (χ2n) is 3.65. The van der Waals surface area contributed by atoms with Gasteiger partial charge in [-0.25, -0.2) is 0 Å². The molecule has 0 bridgehead atoms. The maximum absolute atomic E-state index is 11.8. The van der Waals surface area contributed by atoms with Crippen LogP contribution in [0.5, 0.6) is 0 Å². The van der Waals surface area contributed by atoms with Crippen LogP contribution in [-0.2, 0) is 7.05 Å². The fourth-order valence-electron chi connectivity index (χ4n) is 1.12. The van der Waals surface area contributed by atoms with E-state index in [1.165, 1.54) is 0 Å². The average molecular weight is 274 g/mol. The summed E-state index contributed by atoms with van der Waals surface area (Å²) in [7, 11) is 1.82. The lowest BCUT2D eigenvalue weighted by molar-refractivity contribution is 0.0932. The molecular formula is C10H16BrN3O. The smallest absolute Gasteiger partial charge is 0.273 e. The lowest BCUT2D eigenvalue weighted by Gasteiger charge is -2.09. The number of hydrogen-bond donors (Lipinski definition) is 1. The van der Waals surface area contributed by atoms with Gasteiger partial charge in [-0.15, -0.1) is 0 Å². The quantitative estimate of drug-likeness (QED) is 0.916. The van der Waals surface area contributed by atoms with Crippen molar-refractivity contribution in [2.45, 2.75) is 33.2 Å². The van der Waals surface area contributed by atoms with Crippen LogP contribution in [0.25, 0.3) is 0 Å². The molecule has 1 unspecified atom stereocenters. The van der Waals surface area contributed by atoms with Crippen LogP contribution in [0, 0.1) is 6.92 Å². The van der Waals surface area contributed by atoms with Gasteiger partial charge in [-0.2, -0.15) is 5.10 Å². The number of carbonyl (C=O) groups is 1. The number of carbonyl (C=O) groups excluding carboxylic acids is 1. The Kier molecular flexibility index (Phi) is 3.90. The second-order valence-corrected chi connectivity index (χ2v) is 4.45. The molecule has 15 heavy (non-hydrogen) atoms. The zero-order valence-electron chi connectivity index (χ0n) is 9.47. The molecule has 0 aliphatic rings. The fourth-order valence-corrected chi connectivity index (χ4v) is 1.64. The third-order valence-electron chi connectivity index (χ3n) is 2.47. The number of hydrogen-bond acceptors (Lipinski definition) is 2. The minimum atomic E-state index is -0.125. The maximum atomic E-state index is 11.8. The monoisotopic (exact) mass is 273 g/mol. The molecule has 84 valence electrons. The zero-order valence-corrected chi connectivity index (χ0v) is 11.1. The summed E-state index contributed by atoms with van der Waals surface area (Å²) in [5.74, 6) is -0.125. The van der Waals surface area contributed by atoms with Gasteiger partial charge >= 0.3 is 0 Å². The molecule has 0 aromatic carbocycles. The minimum absolute atomic E-state index is 0.125. The first-order valence-electron chi connectivity index (χ1n) is 4.97. The highest BCUT2D eigenvalue weighted by molar-refractivity contribution is 9.10. The molecular weight excluding hydrogens is 258 g/mol. The molecule has 0 spiro atoms. The maximum Gasteiger partial charge on any atom is 0.273 e. The molecule has 0 fully saturated rings. The lowest BCUT2D eigenvalue weighted by Crippen LogP contribution is -2.32. The van der Waals surface area contributed by atoms with Crippen LogP contribution in [0.2, 0.25) is 0 Å². The van der Waals surface area contributed by atoms with Gasteiger partial charge in [-0.05, 0) is 36.2 Å². The van der Waals surface area contributed by atoms with Crippen LogP contribution in [0.1, 0.15) is 36.5 Å². The first-order valence-corrected chi connectivity index (χ1v) is 5.76. The highest BCUT2D eigenvalue weighted by Gasteiger charge is 2.18. The van der Waals surface area contributed by atoms with E-state index in [1.807, 2.05) is 27.8 Å². The highest BCUT2D eigenvalue weighted by Crippen LogP contribution is 2.19. The Morgan fingerprint density at radius 2 is 2.27 bits per heavy atom. The average Bonchev–Trinajstić information content (AvgIpc) is 2.45. The lowest BCUT2D eigenvalue weighted by atomic mass is 10.2. The molecule has 5 heteroatoms. The Bertz CT molecular complexity index is 373. The van der Waals surface area contributed by atoms with Crippen molar-refractivity contribution in [1.29, 1.82) is 0 Å². The van der Waals surface area contributed by atoms with E-state index in [-0.39, 0.29) is 11.9 Å². The molecule has 1 heterocycles. The van der Waals surface area contributed by atoms with Crippen LogP contribution < -0.4 is 5.32 Å². The summed E-state index contributed by atoms with van der Waals surface area (Å²) < 4.78 is 2.46. The largest absolute Gasteiger partial charge is 0.348 e. The minimum Gasteiger partial charge on any atom is -0.348 e. The third kappa shape index (κ3) is 2.59. The molecule has 4 nitrogen and oxygen atoms in total. The van der Waals surface area contributed by atoms with Crippen molar-refractivity contribution in [3.05, 3.63) is 15.9 Å². The number of aryl methyl sites for hydroxylation is 1. The predicted octanol–water partition coefficient (Wildman–Crippen LogP) is 2.02. The standard InChI is InChI=1S/C10H16BrN3O/c1-5-6(2)12-10(15)9-8(11)7(3)14(4)13-9/h6H,5H2,1-4H3,(H,12,15). The fraction of sp³-hybridized carbons (Fsp3) is 0.600. The number of nitrogens with zero attached hydrogens (tertiary/aromatic N) is 2. The van der Waals surface area contributed by atoms with Gasteiger partial charge in [-0.3, -0.25) is 9.48 Å². The topological polar surface area (TPSA) is 46.9 Å². The van der Waals surface area contributed by atoms with E-state index in [2.05, 4.69) is 26.3 Å². The van der Waals surface area contributed by atoms with Gasteiger partial charge in [-0.1, -0.05) is 6.92 Å². The van der Waals surface area contributed by atoms with Gasteiger partial charge in [0.15, 0.2) is 5.69 Å². The van der Waals surface area contributed by atoms with E-state index in [9.17, 15) is 4.79 Å². The zero-order chi connectivity index (χ0) is 11.6. The number of rotatable bonds is 3. The molecule has 1 atom stereocenters. The summed E-state index contributed by atoms with van der Waals surface area (Å²) in [5.41, 5.74) is 1.40. The van der Waals surface area contributed by atoms with Crippen LogP contribution in [0.15, 0.2) is 4.47 Å².